The molecule has 2 atom stereocenters. The third kappa shape index (κ3) is 3.11. The van der Waals surface area contributed by atoms with Gasteiger partial charge in [0.15, 0.2) is 0 Å². The van der Waals surface area contributed by atoms with Gasteiger partial charge in [0.1, 0.15) is 6.26 Å². The van der Waals surface area contributed by atoms with E-state index in [1.54, 1.807) is 6.26 Å². The van der Waals surface area contributed by atoms with E-state index in [1.165, 1.54) is 5.06 Å². The summed E-state index contributed by atoms with van der Waals surface area (Å²) in [5, 5.41) is 4.30. The van der Waals surface area contributed by atoms with Crippen molar-refractivity contribution in [1.29, 1.82) is 0 Å². The maximum atomic E-state index is 12.3. The Morgan fingerprint density at radius 1 is 1.35 bits per heavy atom. The van der Waals surface area contributed by atoms with Gasteiger partial charge in [-0.3, -0.25) is 4.79 Å². The number of fused-ring (bicyclic) bond motifs is 2. The van der Waals surface area contributed by atoms with Crippen LogP contribution in [0.1, 0.15) is 39.5 Å². The van der Waals surface area contributed by atoms with Crippen molar-refractivity contribution in [1.82, 2.24) is 20.2 Å². The third-order valence-electron chi connectivity index (χ3n) is 6.21. The molecule has 1 aliphatic carbocycles. The first-order valence-electron chi connectivity index (χ1n) is 9.23. The van der Waals surface area contributed by atoms with Crippen LogP contribution < -0.4 is 5.32 Å². The molecule has 1 spiro atoms. The number of nitrogens with zero attached hydrogens (tertiary/aromatic N) is 3. The molecule has 144 valence electrons. The van der Waals surface area contributed by atoms with Gasteiger partial charge in [-0.25, -0.2) is 4.79 Å². The van der Waals surface area contributed by atoms with Crippen molar-refractivity contribution in [3.8, 4) is 0 Å². The zero-order valence-corrected chi connectivity index (χ0v) is 16.0. The molecule has 26 heavy (non-hydrogen) atoms. The molecule has 3 heterocycles. The van der Waals surface area contributed by atoms with E-state index in [-0.39, 0.29) is 18.1 Å². The topological polar surface area (TPSA) is 74.4 Å². The molecule has 1 saturated carbocycles. The number of hydroxylamine groups is 2. The van der Waals surface area contributed by atoms with E-state index in [0.29, 0.717) is 11.5 Å². The third-order valence-corrected chi connectivity index (χ3v) is 6.60. The number of amides is 3. The van der Waals surface area contributed by atoms with Crippen molar-refractivity contribution in [2.75, 3.05) is 19.6 Å². The normalized spacial score (nSPS) is 30.3. The van der Waals surface area contributed by atoms with E-state index < -0.39 is 0 Å². The number of allylic oxidation sites excluding steroid dienone is 1. The van der Waals surface area contributed by atoms with E-state index in [0.717, 1.165) is 69.7 Å². The van der Waals surface area contributed by atoms with Gasteiger partial charge in [0.05, 0.1) is 6.04 Å². The molecule has 0 aromatic heterocycles. The van der Waals surface area contributed by atoms with Crippen LogP contribution in [0.4, 0.5) is 4.79 Å². The number of rotatable bonds is 7. The Balaban J connectivity index is 1.17. The van der Waals surface area contributed by atoms with Gasteiger partial charge in [0.2, 0.25) is 18.7 Å². The fraction of sp³-hybridized carbons (Fsp3) is 0.765. The summed E-state index contributed by atoms with van der Waals surface area (Å²) in [6.07, 6.45) is 6.56. The number of carbonyl (C=O) groups is 2. The molecule has 0 aromatic carbocycles. The number of piperidine rings is 1. The number of carbonyl (C=O) groups excluding carboxylic acids is 2. The first kappa shape index (κ1) is 17.8. The summed E-state index contributed by atoms with van der Waals surface area (Å²) >= 11 is 0.838. The minimum Gasteiger partial charge on any atom is -0.405 e. The van der Waals surface area contributed by atoms with Crippen LogP contribution in [0.25, 0.3) is 0 Å². The Bertz CT molecular complexity index is 602. The Morgan fingerprint density at radius 2 is 2.12 bits per heavy atom. The molecular formula is C17H26N4O4S. The summed E-state index contributed by atoms with van der Waals surface area (Å²) in [6, 6.07) is 0.689. The molecule has 3 aliphatic heterocycles. The zero-order chi connectivity index (χ0) is 18.3. The molecule has 4 fully saturated rings. The Morgan fingerprint density at radius 3 is 2.81 bits per heavy atom. The van der Waals surface area contributed by atoms with E-state index in [4.69, 9.17) is 8.47 Å². The van der Waals surface area contributed by atoms with Gasteiger partial charge >= 0.3 is 6.03 Å². The van der Waals surface area contributed by atoms with Crippen LogP contribution in [0, 0.1) is 5.41 Å². The second-order valence-electron chi connectivity index (χ2n) is 8.08. The van der Waals surface area contributed by atoms with E-state index in [9.17, 15) is 9.59 Å². The number of urea groups is 1. The number of hydrogen-bond acceptors (Lipinski definition) is 6. The van der Waals surface area contributed by atoms with E-state index in [2.05, 4.69) is 17.1 Å². The SMILES string of the molecule is C/C(=C\OSON1C(=O)N2C[C@H]1CC[C@H]2C)N1CC2(CC(NC=O)C2)C1. The smallest absolute Gasteiger partial charge is 0.345 e. The highest BCUT2D eigenvalue weighted by molar-refractivity contribution is 7.89. The lowest BCUT2D eigenvalue weighted by molar-refractivity contribution is -0.114. The Labute approximate surface area is 158 Å². The van der Waals surface area contributed by atoms with E-state index in [1.807, 2.05) is 11.8 Å². The first-order chi connectivity index (χ1) is 12.5. The molecule has 8 nitrogen and oxygen atoms in total. The summed E-state index contributed by atoms with van der Waals surface area (Å²) < 4.78 is 10.9. The van der Waals surface area contributed by atoms with Gasteiger partial charge in [-0.05, 0) is 39.5 Å². The molecule has 0 unspecified atom stereocenters. The monoisotopic (exact) mass is 382 g/mol. The highest BCUT2D eigenvalue weighted by atomic mass is 32.2. The minimum absolute atomic E-state index is 0.0649. The Hall–Kier alpha value is -1.61. The fourth-order valence-electron chi connectivity index (χ4n) is 4.61. The van der Waals surface area contributed by atoms with Crippen molar-refractivity contribution in [3.05, 3.63) is 12.0 Å². The maximum Gasteiger partial charge on any atom is 0.345 e. The van der Waals surface area contributed by atoms with Gasteiger partial charge in [0.25, 0.3) is 0 Å². The lowest BCUT2D eigenvalue weighted by Gasteiger charge is -2.59. The summed E-state index contributed by atoms with van der Waals surface area (Å²) in [5.41, 5.74) is 1.41. The first-order valence-corrected chi connectivity index (χ1v) is 9.89. The molecule has 0 aromatic rings. The summed E-state index contributed by atoms with van der Waals surface area (Å²) in [5.74, 6) is 0. The lowest BCUT2D eigenvalue weighted by Crippen LogP contribution is -2.65. The second kappa shape index (κ2) is 6.84. The average molecular weight is 382 g/mol. The number of hydrogen-bond donors (Lipinski definition) is 1. The molecule has 3 amide bonds. The predicted molar refractivity (Wildman–Crippen MR) is 96.2 cm³/mol. The molecule has 4 rings (SSSR count). The van der Waals surface area contributed by atoms with Crippen LogP contribution in [-0.4, -0.2) is 65.1 Å². The van der Waals surface area contributed by atoms with Crippen LogP contribution in [-0.2, 0) is 13.3 Å². The fourth-order valence-corrected chi connectivity index (χ4v) is 5.07. The van der Waals surface area contributed by atoms with E-state index >= 15 is 0 Å². The van der Waals surface area contributed by atoms with Gasteiger partial charge in [-0.1, -0.05) is 0 Å². The Kier molecular flexibility index (Phi) is 4.68. The summed E-state index contributed by atoms with van der Waals surface area (Å²) in [6.45, 7) is 6.83. The largest absolute Gasteiger partial charge is 0.405 e. The molecule has 4 aliphatic rings. The highest BCUT2D eigenvalue weighted by Crippen LogP contribution is 2.49. The number of nitrogens with one attached hydrogen (secondary N) is 1. The standard InChI is InChI=1S/C17H26N4O4S/c1-12-3-4-15-7-20(12)16(23)21(15)25-26-24-8-13(2)19-9-17(10-19)5-14(6-17)18-11-22/h8,11-12,14-15H,3-7,9-10H2,1-2H3,(H,18,22)/b13-8+/t12-,15-/m1/s1. The predicted octanol–water partition coefficient (Wildman–Crippen LogP) is 1.86. The van der Waals surface area contributed by atoms with Gasteiger partial charge < -0.3 is 19.3 Å². The molecular weight excluding hydrogens is 356 g/mol. The molecule has 2 bridgehead atoms. The van der Waals surface area contributed by atoms with Crippen LogP contribution in [0.3, 0.4) is 0 Å². The highest BCUT2D eigenvalue weighted by Gasteiger charge is 2.52. The van der Waals surface area contributed by atoms with Crippen molar-refractivity contribution < 1.29 is 18.1 Å². The van der Waals surface area contributed by atoms with Crippen molar-refractivity contribution >= 4 is 24.8 Å². The summed E-state index contributed by atoms with van der Waals surface area (Å²) in [7, 11) is 0. The average Bonchev–Trinajstić information content (AvgIpc) is 2.81. The van der Waals surface area contributed by atoms with Crippen molar-refractivity contribution in [2.45, 2.75) is 57.7 Å². The maximum absolute atomic E-state index is 12.3. The van der Waals surface area contributed by atoms with Gasteiger partial charge in [-0.2, -0.15) is 9.35 Å². The van der Waals surface area contributed by atoms with Crippen LogP contribution >= 0.6 is 12.3 Å². The van der Waals surface area contributed by atoms with Gasteiger partial charge in [0, 0.05) is 42.8 Å². The van der Waals surface area contributed by atoms with Crippen LogP contribution in [0.5, 0.6) is 0 Å². The number of likely N-dealkylation sites (tertiary alicyclic amines) is 1. The minimum atomic E-state index is -0.0649. The molecule has 1 N–H and O–H groups in total. The molecule has 0 radical (unpaired) electrons. The lowest BCUT2D eigenvalue weighted by atomic mass is 9.60. The van der Waals surface area contributed by atoms with Crippen LogP contribution in [0.2, 0.25) is 0 Å². The van der Waals surface area contributed by atoms with Crippen molar-refractivity contribution in [3.63, 3.8) is 0 Å². The zero-order valence-electron chi connectivity index (χ0n) is 15.2. The van der Waals surface area contributed by atoms with Crippen LogP contribution in [0.15, 0.2) is 12.0 Å². The van der Waals surface area contributed by atoms with Crippen molar-refractivity contribution in [2.24, 2.45) is 5.41 Å². The quantitative estimate of drug-likeness (QED) is 0.314. The molecule has 3 saturated heterocycles. The van der Waals surface area contributed by atoms with Gasteiger partial charge in [-0.15, -0.1) is 0 Å². The summed E-state index contributed by atoms with van der Waals surface area (Å²) in [4.78, 5) is 26.9. The second-order valence-corrected chi connectivity index (χ2v) is 8.56. The molecule has 9 heteroatoms.